The van der Waals surface area contributed by atoms with Crippen LogP contribution in [0.3, 0.4) is 0 Å². The topological polar surface area (TPSA) is 51.2 Å². The van der Waals surface area contributed by atoms with E-state index in [0.717, 1.165) is 48.8 Å². The maximum Gasteiger partial charge on any atom is 0.414 e. The predicted octanol–water partition coefficient (Wildman–Crippen LogP) is 3.43. The number of hydrogen-bond acceptors (Lipinski definition) is 5. The number of methoxy groups -OCH3 is 2. The van der Waals surface area contributed by atoms with Crippen molar-refractivity contribution in [3.05, 3.63) is 53.6 Å². The molecule has 2 aromatic carbocycles. The molecule has 1 fully saturated rings. The summed E-state index contributed by atoms with van der Waals surface area (Å²) in [6, 6.07) is 14.1. The lowest BCUT2D eigenvalue weighted by molar-refractivity contribution is 0.177. The van der Waals surface area contributed by atoms with Crippen LogP contribution in [0.25, 0.3) is 0 Å². The van der Waals surface area contributed by atoms with E-state index in [9.17, 15) is 4.79 Å². The summed E-state index contributed by atoms with van der Waals surface area (Å²) >= 11 is 0. The second-order valence-corrected chi connectivity index (χ2v) is 6.94. The minimum atomic E-state index is -0.255. The minimum absolute atomic E-state index is 0.0725. The lowest BCUT2D eigenvalue weighted by Crippen LogP contribution is -2.40. The van der Waals surface area contributed by atoms with E-state index in [4.69, 9.17) is 14.2 Å². The van der Waals surface area contributed by atoms with Crippen molar-refractivity contribution in [2.45, 2.75) is 25.6 Å². The Kier molecular flexibility index (Phi) is 4.90. The maximum atomic E-state index is 12.3. The van der Waals surface area contributed by atoms with Crippen LogP contribution in [-0.2, 0) is 17.8 Å². The normalized spacial score (nSPS) is 19.6. The van der Waals surface area contributed by atoms with Crippen LogP contribution in [0.5, 0.6) is 11.5 Å². The predicted molar refractivity (Wildman–Crippen MR) is 102 cm³/mol. The second kappa shape index (κ2) is 7.48. The van der Waals surface area contributed by atoms with Crippen molar-refractivity contribution in [1.82, 2.24) is 4.90 Å². The summed E-state index contributed by atoms with van der Waals surface area (Å²) in [5.74, 6) is 1.65. The molecule has 1 atom stereocenters. The molecule has 6 heteroatoms. The SMILES string of the molecule is COc1ccc(CN2CC[C@H]3COC(=O)N3c3ccc(OC)cc3C2)cc1. The minimum Gasteiger partial charge on any atom is -0.497 e. The summed E-state index contributed by atoms with van der Waals surface area (Å²) < 4.78 is 16.0. The fourth-order valence-electron chi connectivity index (χ4n) is 3.79. The van der Waals surface area contributed by atoms with Crippen LogP contribution in [0.2, 0.25) is 0 Å². The second-order valence-electron chi connectivity index (χ2n) is 6.94. The zero-order valence-electron chi connectivity index (χ0n) is 15.7. The van der Waals surface area contributed by atoms with Gasteiger partial charge in [-0.3, -0.25) is 9.80 Å². The Bertz CT molecular complexity index is 821. The Balaban J connectivity index is 1.62. The summed E-state index contributed by atoms with van der Waals surface area (Å²) in [6.45, 7) is 2.92. The molecule has 0 unspecified atom stereocenters. The maximum absolute atomic E-state index is 12.3. The van der Waals surface area contributed by atoms with Gasteiger partial charge in [-0.1, -0.05) is 12.1 Å². The molecule has 0 spiro atoms. The summed E-state index contributed by atoms with van der Waals surface area (Å²) in [5.41, 5.74) is 3.23. The highest BCUT2D eigenvalue weighted by Crippen LogP contribution is 2.34. The molecule has 2 heterocycles. The summed E-state index contributed by atoms with van der Waals surface area (Å²) in [4.78, 5) is 16.5. The third-order valence-electron chi connectivity index (χ3n) is 5.24. The third kappa shape index (κ3) is 3.57. The van der Waals surface area contributed by atoms with Gasteiger partial charge in [0.2, 0.25) is 0 Å². The number of hydrogen-bond donors (Lipinski definition) is 0. The number of carbonyl (C=O) groups is 1. The van der Waals surface area contributed by atoms with Crippen LogP contribution in [0.1, 0.15) is 17.5 Å². The highest BCUT2D eigenvalue weighted by atomic mass is 16.6. The van der Waals surface area contributed by atoms with Crippen LogP contribution in [0.4, 0.5) is 10.5 Å². The Morgan fingerprint density at radius 1 is 1.07 bits per heavy atom. The van der Waals surface area contributed by atoms with E-state index in [-0.39, 0.29) is 12.1 Å². The molecule has 1 amide bonds. The number of fused-ring (bicyclic) bond motifs is 3. The first kappa shape index (κ1) is 17.7. The molecule has 0 radical (unpaired) electrons. The number of benzene rings is 2. The standard InChI is InChI=1S/C21H24N2O4/c1-25-18-5-3-15(4-6-18)12-22-10-9-17-14-27-21(24)23(17)20-8-7-19(26-2)11-16(20)13-22/h3-8,11,17H,9-10,12-14H2,1-2H3/t17-/m0/s1. The number of amides is 1. The lowest BCUT2D eigenvalue weighted by Gasteiger charge is -2.32. The van der Waals surface area contributed by atoms with Gasteiger partial charge in [-0.15, -0.1) is 0 Å². The van der Waals surface area contributed by atoms with E-state index in [1.807, 2.05) is 30.3 Å². The molecular weight excluding hydrogens is 344 g/mol. The van der Waals surface area contributed by atoms with Gasteiger partial charge in [0.15, 0.2) is 0 Å². The van der Waals surface area contributed by atoms with E-state index in [2.05, 4.69) is 17.0 Å². The highest BCUT2D eigenvalue weighted by molar-refractivity contribution is 5.91. The Morgan fingerprint density at radius 3 is 2.56 bits per heavy atom. The highest BCUT2D eigenvalue weighted by Gasteiger charge is 2.37. The van der Waals surface area contributed by atoms with Gasteiger partial charge in [-0.05, 0) is 47.9 Å². The average molecular weight is 368 g/mol. The number of ether oxygens (including phenoxy) is 3. The van der Waals surface area contributed by atoms with Gasteiger partial charge in [0, 0.05) is 19.6 Å². The van der Waals surface area contributed by atoms with Crippen LogP contribution in [-0.4, -0.2) is 44.4 Å². The molecule has 2 aliphatic rings. The van der Waals surface area contributed by atoms with E-state index in [1.54, 1.807) is 19.1 Å². The lowest BCUT2D eigenvalue weighted by atomic mass is 10.0. The van der Waals surface area contributed by atoms with Gasteiger partial charge in [0.1, 0.15) is 18.1 Å². The molecule has 0 bridgehead atoms. The molecule has 4 rings (SSSR count). The number of cyclic esters (lactones) is 1. The fraction of sp³-hybridized carbons (Fsp3) is 0.381. The van der Waals surface area contributed by atoms with E-state index in [1.165, 1.54) is 5.56 Å². The molecule has 0 aromatic heterocycles. The monoisotopic (exact) mass is 368 g/mol. The average Bonchev–Trinajstić information content (AvgIpc) is 3.05. The van der Waals surface area contributed by atoms with Gasteiger partial charge in [-0.2, -0.15) is 0 Å². The number of rotatable bonds is 4. The molecule has 142 valence electrons. The van der Waals surface area contributed by atoms with E-state index in [0.29, 0.717) is 6.61 Å². The summed E-state index contributed by atoms with van der Waals surface area (Å²) in [6.07, 6.45) is 0.628. The first-order chi connectivity index (χ1) is 13.2. The Hall–Kier alpha value is -2.73. The van der Waals surface area contributed by atoms with Crippen molar-refractivity contribution in [3.8, 4) is 11.5 Å². The molecule has 0 aliphatic carbocycles. The van der Waals surface area contributed by atoms with E-state index < -0.39 is 0 Å². The zero-order valence-corrected chi connectivity index (χ0v) is 15.7. The molecule has 2 aromatic rings. The van der Waals surface area contributed by atoms with Crippen molar-refractivity contribution in [3.63, 3.8) is 0 Å². The quantitative estimate of drug-likeness (QED) is 0.828. The van der Waals surface area contributed by atoms with Crippen LogP contribution >= 0.6 is 0 Å². The molecule has 6 nitrogen and oxygen atoms in total. The summed E-state index contributed by atoms with van der Waals surface area (Å²) in [7, 11) is 3.33. The number of carbonyl (C=O) groups excluding carboxylic acids is 1. The zero-order chi connectivity index (χ0) is 18.8. The van der Waals surface area contributed by atoms with Crippen LogP contribution in [0, 0.1) is 0 Å². The van der Waals surface area contributed by atoms with Gasteiger partial charge < -0.3 is 14.2 Å². The molecule has 0 saturated carbocycles. The van der Waals surface area contributed by atoms with Gasteiger partial charge in [0.25, 0.3) is 0 Å². The van der Waals surface area contributed by atoms with Crippen LogP contribution < -0.4 is 14.4 Å². The van der Waals surface area contributed by atoms with Crippen LogP contribution in [0.15, 0.2) is 42.5 Å². The van der Waals surface area contributed by atoms with Gasteiger partial charge in [0.05, 0.1) is 25.9 Å². The third-order valence-corrected chi connectivity index (χ3v) is 5.24. The molecule has 1 saturated heterocycles. The van der Waals surface area contributed by atoms with Crippen molar-refractivity contribution in [2.75, 3.05) is 32.3 Å². The van der Waals surface area contributed by atoms with E-state index >= 15 is 0 Å². The van der Waals surface area contributed by atoms with Crippen molar-refractivity contribution < 1.29 is 19.0 Å². The smallest absolute Gasteiger partial charge is 0.414 e. The number of anilines is 1. The first-order valence-electron chi connectivity index (χ1n) is 9.16. The van der Waals surface area contributed by atoms with Crippen molar-refractivity contribution in [1.29, 1.82) is 0 Å². The fourth-order valence-corrected chi connectivity index (χ4v) is 3.79. The molecular formula is C21H24N2O4. The first-order valence-corrected chi connectivity index (χ1v) is 9.16. The molecule has 2 aliphatic heterocycles. The van der Waals surface area contributed by atoms with Gasteiger partial charge in [-0.25, -0.2) is 4.79 Å². The molecule has 27 heavy (non-hydrogen) atoms. The van der Waals surface area contributed by atoms with Crippen molar-refractivity contribution >= 4 is 11.8 Å². The van der Waals surface area contributed by atoms with Crippen molar-refractivity contribution in [2.24, 2.45) is 0 Å². The van der Waals surface area contributed by atoms with Gasteiger partial charge >= 0.3 is 6.09 Å². The Morgan fingerprint density at radius 2 is 1.81 bits per heavy atom. The Labute approximate surface area is 159 Å². The number of nitrogens with zero attached hydrogens (tertiary/aromatic N) is 2. The summed E-state index contributed by atoms with van der Waals surface area (Å²) in [5, 5.41) is 0. The molecule has 0 N–H and O–H groups in total. The largest absolute Gasteiger partial charge is 0.497 e.